The quantitative estimate of drug-likeness (QED) is 0.710. The van der Waals surface area contributed by atoms with Crippen molar-refractivity contribution in [2.75, 3.05) is 32.4 Å². The molecule has 2 heterocycles. The van der Waals surface area contributed by atoms with E-state index in [4.69, 9.17) is 0 Å². The molecule has 29 heavy (non-hydrogen) atoms. The lowest BCUT2D eigenvalue weighted by Crippen LogP contribution is -2.44. The summed E-state index contributed by atoms with van der Waals surface area (Å²) in [5, 5.41) is 2.84. The average molecular weight is 444 g/mol. The molecule has 1 aromatic carbocycles. The van der Waals surface area contributed by atoms with Crippen molar-refractivity contribution in [3.63, 3.8) is 0 Å². The SMILES string of the molecule is CS(=O)(=O)N1CCC[C@@H](C(=O)NCc2ccc(S(=O)(=O)N3CCCCC3)cc2)C1. The predicted molar refractivity (Wildman–Crippen MR) is 110 cm³/mol. The lowest BCUT2D eigenvalue weighted by atomic mass is 9.99. The highest BCUT2D eigenvalue weighted by molar-refractivity contribution is 7.89. The largest absolute Gasteiger partial charge is 0.352 e. The van der Waals surface area contributed by atoms with Crippen LogP contribution in [0.2, 0.25) is 0 Å². The number of hydrogen-bond acceptors (Lipinski definition) is 5. The molecule has 0 aliphatic carbocycles. The van der Waals surface area contributed by atoms with Gasteiger partial charge in [-0.3, -0.25) is 4.79 Å². The van der Waals surface area contributed by atoms with Crippen LogP contribution in [0.1, 0.15) is 37.7 Å². The van der Waals surface area contributed by atoms with Gasteiger partial charge < -0.3 is 5.32 Å². The van der Waals surface area contributed by atoms with E-state index in [1.165, 1.54) is 8.61 Å². The monoisotopic (exact) mass is 443 g/mol. The van der Waals surface area contributed by atoms with Crippen molar-refractivity contribution in [3.05, 3.63) is 29.8 Å². The summed E-state index contributed by atoms with van der Waals surface area (Å²) in [6, 6.07) is 6.58. The van der Waals surface area contributed by atoms with Gasteiger partial charge in [-0.2, -0.15) is 4.31 Å². The van der Waals surface area contributed by atoms with Crippen molar-refractivity contribution in [1.82, 2.24) is 13.9 Å². The molecule has 2 fully saturated rings. The first-order valence-electron chi connectivity index (χ1n) is 10.00. The molecule has 1 N–H and O–H groups in total. The fraction of sp³-hybridized carbons (Fsp3) is 0.632. The van der Waals surface area contributed by atoms with Crippen LogP contribution in [0.15, 0.2) is 29.2 Å². The molecular weight excluding hydrogens is 414 g/mol. The number of rotatable bonds is 6. The number of nitrogens with zero attached hydrogens (tertiary/aromatic N) is 2. The van der Waals surface area contributed by atoms with Crippen LogP contribution in [0.4, 0.5) is 0 Å². The summed E-state index contributed by atoms with van der Waals surface area (Å²) < 4.78 is 51.7. The molecule has 162 valence electrons. The van der Waals surface area contributed by atoms with Gasteiger partial charge in [0, 0.05) is 32.7 Å². The molecular formula is C19H29N3O5S2. The van der Waals surface area contributed by atoms with Crippen molar-refractivity contribution in [2.45, 2.75) is 43.5 Å². The minimum atomic E-state index is -3.46. The Balaban J connectivity index is 1.57. The summed E-state index contributed by atoms with van der Waals surface area (Å²) in [4.78, 5) is 12.7. The van der Waals surface area contributed by atoms with Crippen LogP contribution in [0.3, 0.4) is 0 Å². The molecule has 3 rings (SSSR count). The number of sulfonamides is 2. The van der Waals surface area contributed by atoms with E-state index in [-0.39, 0.29) is 29.8 Å². The van der Waals surface area contributed by atoms with Gasteiger partial charge in [0.2, 0.25) is 26.0 Å². The first-order chi connectivity index (χ1) is 13.7. The minimum Gasteiger partial charge on any atom is -0.352 e. The molecule has 0 saturated carbocycles. The maximum absolute atomic E-state index is 12.7. The van der Waals surface area contributed by atoms with Gasteiger partial charge in [0.05, 0.1) is 17.1 Å². The van der Waals surface area contributed by atoms with Crippen molar-refractivity contribution in [3.8, 4) is 0 Å². The van der Waals surface area contributed by atoms with Gasteiger partial charge in [0.25, 0.3) is 0 Å². The molecule has 2 saturated heterocycles. The summed E-state index contributed by atoms with van der Waals surface area (Å²) in [6.07, 6.45) is 5.32. The number of benzene rings is 1. The Bertz CT molecular complexity index is 923. The standard InChI is InChI=1S/C19H29N3O5S2/c1-28(24,25)22-13-5-6-17(15-22)19(23)20-14-16-7-9-18(10-8-16)29(26,27)21-11-3-2-4-12-21/h7-10,17H,2-6,11-15H2,1H3,(H,20,23)/t17-/m1/s1. The summed E-state index contributed by atoms with van der Waals surface area (Å²) in [6.45, 7) is 2.06. The Labute approximate surface area is 173 Å². The van der Waals surface area contributed by atoms with E-state index < -0.39 is 20.0 Å². The van der Waals surface area contributed by atoms with Gasteiger partial charge in [-0.15, -0.1) is 0 Å². The molecule has 10 heteroatoms. The van der Waals surface area contributed by atoms with E-state index in [1.54, 1.807) is 24.3 Å². The van der Waals surface area contributed by atoms with Crippen LogP contribution >= 0.6 is 0 Å². The second-order valence-electron chi connectivity index (χ2n) is 7.79. The normalized spacial score (nSPS) is 22.3. The van der Waals surface area contributed by atoms with Gasteiger partial charge in [0.15, 0.2) is 0 Å². The maximum atomic E-state index is 12.7. The Morgan fingerprint density at radius 1 is 0.966 bits per heavy atom. The second kappa shape index (κ2) is 9.11. The molecule has 0 unspecified atom stereocenters. The number of piperidine rings is 2. The molecule has 1 aromatic rings. The third-order valence-corrected chi connectivity index (χ3v) is 8.75. The second-order valence-corrected chi connectivity index (χ2v) is 11.7. The summed E-state index contributed by atoms with van der Waals surface area (Å²) in [5.74, 6) is -0.541. The number of nitrogens with one attached hydrogen (secondary N) is 1. The van der Waals surface area contributed by atoms with Crippen molar-refractivity contribution in [2.24, 2.45) is 5.92 Å². The Kier molecular flexibility index (Phi) is 6.98. The van der Waals surface area contributed by atoms with Crippen LogP contribution in [0, 0.1) is 5.92 Å². The van der Waals surface area contributed by atoms with Crippen LogP contribution in [0.5, 0.6) is 0 Å². The number of amides is 1. The van der Waals surface area contributed by atoms with Crippen LogP contribution < -0.4 is 5.32 Å². The minimum absolute atomic E-state index is 0.177. The Morgan fingerprint density at radius 2 is 1.59 bits per heavy atom. The highest BCUT2D eigenvalue weighted by Gasteiger charge is 2.30. The van der Waals surface area contributed by atoms with E-state index in [1.807, 2.05) is 0 Å². The molecule has 1 amide bonds. The van der Waals surface area contributed by atoms with E-state index in [9.17, 15) is 21.6 Å². The van der Waals surface area contributed by atoms with E-state index in [0.29, 0.717) is 32.5 Å². The highest BCUT2D eigenvalue weighted by atomic mass is 32.2. The predicted octanol–water partition coefficient (Wildman–Crippen LogP) is 1.15. The Hall–Kier alpha value is -1.49. The molecule has 0 aromatic heterocycles. The average Bonchev–Trinajstić information content (AvgIpc) is 2.72. The molecule has 0 radical (unpaired) electrons. The third-order valence-electron chi connectivity index (χ3n) is 5.57. The van der Waals surface area contributed by atoms with Gasteiger partial charge in [0.1, 0.15) is 0 Å². The van der Waals surface area contributed by atoms with Gasteiger partial charge in [-0.1, -0.05) is 18.6 Å². The van der Waals surface area contributed by atoms with E-state index >= 15 is 0 Å². The number of carbonyl (C=O) groups is 1. The lowest BCUT2D eigenvalue weighted by molar-refractivity contribution is -0.126. The lowest BCUT2D eigenvalue weighted by Gasteiger charge is -2.30. The molecule has 0 spiro atoms. The van der Waals surface area contributed by atoms with E-state index in [2.05, 4.69) is 5.32 Å². The number of carbonyl (C=O) groups excluding carboxylic acids is 1. The van der Waals surface area contributed by atoms with E-state index in [0.717, 1.165) is 31.1 Å². The molecule has 2 aliphatic heterocycles. The van der Waals surface area contributed by atoms with Crippen LogP contribution in [-0.4, -0.2) is 63.8 Å². The van der Waals surface area contributed by atoms with Gasteiger partial charge in [-0.05, 0) is 43.4 Å². The summed E-state index contributed by atoms with van der Waals surface area (Å²) in [7, 11) is -6.76. The maximum Gasteiger partial charge on any atom is 0.243 e. The van der Waals surface area contributed by atoms with Crippen molar-refractivity contribution in [1.29, 1.82) is 0 Å². The topological polar surface area (TPSA) is 104 Å². The third kappa shape index (κ3) is 5.56. The van der Waals surface area contributed by atoms with Gasteiger partial charge >= 0.3 is 0 Å². The molecule has 8 nitrogen and oxygen atoms in total. The smallest absolute Gasteiger partial charge is 0.243 e. The van der Waals surface area contributed by atoms with Crippen LogP contribution in [0.25, 0.3) is 0 Å². The van der Waals surface area contributed by atoms with Crippen molar-refractivity contribution >= 4 is 26.0 Å². The zero-order valence-corrected chi connectivity index (χ0v) is 18.3. The fourth-order valence-electron chi connectivity index (χ4n) is 3.82. The molecule has 2 aliphatic rings. The zero-order chi connectivity index (χ0) is 21.1. The van der Waals surface area contributed by atoms with Crippen molar-refractivity contribution < 1.29 is 21.6 Å². The fourth-order valence-corrected chi connectivity index (χ4v) is 6.25. The van der Waals surface area contributed by atoms with Crippen LogP contribution in [-0.2, 0) is 31.4 Å². The zero-order valence-electron chi connectivity index (χ0n) is 16.7. The highest BCUT2D eigenvalue weighted by Crippen LogP contribution is 2.21. The number of hydrogen-bond donors (Lipinski definition) is 1. The first kappa shape index (κ1) is 22.2. The first-order valence-corrected chi connectivity index (χ1v) is 13.3. The molecule has 0 bridgehead atoms. The van der Waals surface area contributed by atoms with Gasteiger partial charge in [-0.25, -0.2) is 21.1 Å². The Morgan fingerprint density at radius 3 is 2.21 bits per heavy atom. The molecule has 1 atom stereocenters. The summed E-state index contributed by atoms with van der Waals surface area (Å²) >= 11 is 0. The summed E-state index contributed by atoms with van der Waals surface area (Å²) in [5.41, 5.74) is 0.798.